The van der Waals surface area contributed by atoms with E-state index >= 15 is 0 Å². The highest BCUT2D eigenvalue weighted by Crippen LogP contribution is 1.96. The van der Waals surface area contributed by atoms with E-state index in [0.717, 1.165) is 18.7 Å². The van der Waals surface area contributed by atoms with Gasteiger partial charge in [-0.3, -0.25) is 4.68 Å². The summed E-state index contributed by atoms with van der Waals surface area (Å²) in [6.45, 7) is 0.872. The number of likely N-dealkylation sites (N-methyl/N-ethyl adjacent to an activating group) is 1. The largest absolute Gasteiger partial charge is 0.326 e. The van der Waals surface area contributed by atoms with E-state index in [1.807, 2.05) is 27.3 Å². The molecule has 0 bridgehead atoms. The Morgan fingerprint density at radius 2 is 2.31 bits per heavy atom. The zero-order valence-corrected chi connectivity index (χ0v) is 8.44. The maximum Gasteiger partial charge on any atom is 0.0842 e. The minimum absolute atomic E-state index is 0.131. The second kappa shape index (κ2) is 4.34. The van der Waals surface area contributed by atoms with Crippen molar-refractivity contribution in [1.82, 2.24) is 19.9 Å². The van der Waals surface area contributed by atoms with E-state index < -0.39 is 0 Å². The first-order valence-corrected chi connectivity index (χ1v) is 4.33. The van der Waals surface area contributed by atoms with E-state index in [1.54, 1.807) is 4.68 Å². The number of nitrogens with two attached hydrogens (primary N) is 1. The summed E-state index contributed by atoms with van der Waals surface area (Å²) < 4.78 is 1.69. The molecule has 0 aromatic carbocycles. The predicted molar refractivity (Wildman–Crippen MR) is 51.2 cm³/mol. The maximum absolute atomic E-state index is 5.90. The third kappa shape index (κ3) is 3.52. The summed E-state index contributed by atoms with van der Waals surface area (Å²) in [4.78, 5) is 2.07. The highest BCUT2D eigenvalue weighted by molar-refractivity contribution is 4.95. The zero-order valence-electron chi connectivity index (χ0n) is 8.44. The Hall–Kier alpha value is -0.940. The Bertz CT molecular complexity index is 255. The van der Waals surface area contributed by atoms with Gasteiger partial charge in [0, 0.05) is 32.3 Å². The standard InChI is InChI=1S/C8H17N5/c1-12(2)5-7(9)4-8-6-13(3)11-10-8/h6-7H,4-5,9H2,1-3H3. The molecule has 74 valence electrons. The van der Waals surface area contributed by atoms with Gasteiger partial charge in [-0.05, 0) is 14.1 Å². The van der Waals surface area contributed by atoms with Crippen molar-refractivity contribution >= 4 is 0 Å². The van der Waals surface area contributed by atoms with E-state index in [-0.39, 0.29) is 6.04 Å². The van der Waals surface area contributed by atoms with E-state index in [0.29, 0.717) is 0 Å². The quantitative estimate of drug-likeness (QED) is 0.667. The summed E-state index contributed by atoms with van der Waals surface area (Å²) in [5.41, 5.74) is 6.85. The van der Waals surface area contributed by atoms with Gasteiger partial charge in [0.15, 0.2) is 0 Å². The minimum Gasteiger partial charge on any atom is -0.326 e. The Morgan fingerprint density at radius 3 is 2.77 bits per heavy atom. The fraction of sp³-hybridized carbons (Fsp3) is 0.750. The molecular weight excluding hydrogens is 166 g/mol. The van der Waals surface area contributed by atoms with Crippen LogP contribution >= 0.6 is 0 Å². The molecule has 0 fully saturated rings. The van der Waals surface area contributed by atoms with Crippen molar-refractivity contribution in [3.05, 3.63) is 11.9 Å². The molecule has 0 aliphatic rings. The van der Waals surface area contributed by atoms with Crippen molar-refractivity contribution in [1.29, 1.82) is 0 Å². The number of hydrogen-bond acceptors (Lipinski definition) is 4. The first kappa shape index (κ1) is 10.1. The first-order valence-electron chi connectivity index (χ1n) is 4.33. The number of nitrogens with zero attached hydrogens (tertiary/aromatic N) is 4. The third-order valence-corrected chi connectivity index (χ3v) is 1.72. The molecule has 13 heavy (non-hydrogen) atoms. The van der Waals surface area contributed by atoms with Crippen molar-refractivity contribution in [3.63, 3.8) is 0 Å². The first-order chi connectivity index (χ1) is 6.08. The fourth-order valence-corrected chi connectivity index (χ4v) is 1.29. The number of aryl methyl sites for hydroxylation is 1. The maximum atomic E-state index is 5.90. The van der Waals surface area contributed by atoms with Gasteiger partial charge in [-0.15, -0.1) is 5.10 Å². The van der Waals surface area contributed by atoms with Crippen LogP contribution in [0.4, 0.5) is 0 Å². The molecule has 1 aromatic heterocycles. The summed E-state index contributed by atoms with van der Waals surface area (Å²) in [7, 11) is 5.88. The van der Waals surface area contributed by atoms with Crippen molar-refractivity contribution < 1.29 is 0 Å². The molecule has 0 aliphatic carbocycles. The minimum atomic E-state index is 0.131. The van der Waals surface area contributed by atoms with Crippen LogP contribution in [-0.4, -0.2) is 46.6 Å². The van der Waals surface area contributed by atoms with Crippen LogP contribution in [0.5, 0.6) is 0 Å². The van der Waals surface area contributed by atoms with Crippen LogP contribution in [-0.2, 0) is 13.5 Å². The predicted octanol–water partition coefficient (Wildman–Crippen LogP) is -0.753. The lowest BCUT2D eigenvalue weighted by Crippen LogP contribution is -2.34. The number of aromatic nitrogens is 3. The molecule has 1 heterocycles. The summed E-state index contributed by atoms with van der Waals surface area (Å²) in [6.07, 6.45) is 2.68. The molecule has 1 aromatic rings. The summed E-state index contributed by atoms with van der Waals surface area (Å²) in [5.74, 6) is 0. The highest BCUT2D eigenvalue weighted by Gasteiger charge is 2.07. The molecule has 0 radical (unpaired) electrons. The zero-order chi connectivity index (χ0) is 9.84. The van der Waals surface area contributed by atoms with Gasteiger partial charge >= 0.3 is 0 Å². The smallest absolute Gasteiger partial charge is 0.0842 e. The van der Waals surface area contributed by atoms with Gasteiger partial charge in [-0.25, -0.2) is 0 Å². The molecule has 0 saturated heterocycles. The van der Waals surface area contributed by atoms with Gasteiger partial charge < -0.3 is 10.6 Å². The van der Waals surface area contributed by atoms with E-state index in [9.17, 15) is 0 Å². The summed E-state index contributed by atoms with van der Waals surface area (Å²) >= 11 is 0. The second-order valence-electron chi connectivity index (χ2n) is 3.61. The van der Waals surface area contributed by atoms with Gasteiger partial charge in [0.1, 0.15) is 0 Å². The molecule has 5 nitrogen and oxygen atoms in total. The fourth-order valence-electron chi connectivity index (χ4n) is 1.29. The topological polar surface area (TPSA) is 60.0 Å². The summed E-state index contributed by atoms with van der Waals surface area (Å²) in [5, 5.41) is 7.82. The Kier molecular flexibility index (Phi) is 3.39. The third-order valence-electron chi connectivity index (χ3n) is 1.72. The van der Waals surface area contributed by atoms with E-state index in [4.69, 9.17) is 5.73 Å². The molecule has 0 aliphatic heterocycles. The van der Waals surface area contributed by atoms with Crippen LogP contribution in [0.25, 0.3) is 0 Å². The van der Waals surface area contributed by atoms with Crippen LogP contribution < -0.4 is 5.73 Å². The van der Waals surface area contributed by atoms with Crippen molar-refractivity contribution in [2.45, 2.75) is 12.5 Å². The van der Waals surface area contributed by atoms with Gasteiger partial charge in [-0.1, -0.05) is 5.21 Å². The molecule has 2 N–H and O–H groups in total. The molecule has 1 atom stereocenters. The summed E-state index contributed by atoms with van der Waals surface area (Å²) in [6, 6.07) is 0.131. The van der Waals surface area contributed by atoms with Gasteiger partial charge in [0.25, 0.3) is 0 Å². The Morgan fingerprint density at radius 1 is 1.62 bits per heavy atom. The van der Waals surface area contributed by atoms with Gasteiger partial charge in [-0.2, -0.15) is 0 Å². The van der Waals surface area contributed by atoms with Crippen LogP contribution in [0.3, 0.4) is 0 Å². The second-order valence-corrected chi connectivity index (χ2v) is 3.61. The SMILES string of the molecule is CN(C)CC(N)Cc1cn(C)nn1. The molecule has 1 unspecified atom stereocenters. The Balaban J connectivity index is 2.40. The normalized spacial score (nSPS) is 13.6. The van der Waals surface area contributed by atoms with Crippen LogP contribution in [0.2, 0.25) is 0 Å². The average molecular weight is 183 g/mol. The molecule has 0 amide bonds. The van der Waals surface area contributed by atoms with Crippen molar-refractivity contribution in [2.75, 3.05) is 20.6 Å². The molecule has 0 saturated carbocycles. The van der Waals surface area contributed by atoms with Gasteiger partial charge in [0.05, 0.1) is 5.69 Å². The average Bonchev–Trinajstić information content (AvgIpc) is 2.33. The monoisotopic (exact) mass is 183 g/mol. The van der Waals surface area contributed by atoms with Crippen molar-refractivity contribution in [3.8, 4) is 0 Å². The number of rotatable bonds is 4. The highest BCUT2D eigenvalue weighted by atomic mass is 15.4. The lowest BCUT2D eigenvalue weighted by atomic mass is 10.2. The van der Waals surface area contributed by atoms with Crippen molar-refractivity contribution in [2.24, 2.45) is 12.8 Å². The molecular formula is C8H17N5. The van der Waals surface area contributed by atoms with Crippen LogP contribution in [0.1, 0.15) is 5.69 Å². The lowest BCUT2D eigenvalue weighted by molar-refractivity contribution is 0.370. The van der Waals surface area contributed by atoms with Crippen LogP contribution in [0, 0.1) is 0 Å². The molecule has 5 heteroatoms. The van der Waals surface area contributed by atoms with E-state index in [1.165, 1.54) is 0 Å². The molecule has 1 rings (SSSR count). The lowest BCUT2D eigenvalue weighted by Gasteiger charge is -2.15. The number of hydrogen-bond donors (Lipinski definition) is 1. The molecule has 0 spiro atoms. The van der Waals surface area contributed by atoms with Crippen LogP contribution in [0.15, 0.2) is 6.20 Å². The Labute approximate surface area is 78.5 Å². The van der Waals surface area contributed by atoms with E-state index in [2.05, 4.69) is 15.2 Å². The van der Waals surface area contributed by atoms with Gasteiger partial charge in [0.2, 0.25) is 0 Å².